The van der Waals surface area contributed by atoms with Gasteiger partial charge in [0.05, 0.1) is 12.7 Å². The lowest BCUT2D eigenvalue weighted by Gasteiger charge is -2.21. The molecule has 0 aliphatic rings. The van der Waals surface area contributed by atoms with Crippen molar-refractivity contribution in [1.82, 2.24) is 4.90 Å². The monoisotopic (exact) mass is 204 g/mol. The molecule has 1 unspecified atom stereocenters. The third-order valence-electron chi connectivity index (χ3n) is 2.17. The summed E-state index contributed by atoms with van der Waals surface area (Å²) in [5.74, 6) is 0. The minimum absolute atomic E-state index is 0.382. The molecule has 0 saturated heterocycles. The SMILES string of the molecule is CCN(CC)CC(O)COCCCN. The summed E-state index contributed by atoms with van der Waals surface area (Å²) in [4.78, 5) is 2.18. The molecule has 0 spiro atoms. The second-order valence-electron chi connectivity index (χ2n) is 3.36. The molecular formula is C10H24N2O2. The molecule has 0 aliphatic heterocycles. The highest BCUT2D eigenvalue weighted by Gasteiger charge is 2.08. The quantitative estimate of drug-likeness (QED) is 0.521. The van der Waals surface area contributed by atoms with Crippen molar-refractivity contribution in [3.8, 4) is 0 Å². The predicted octanol–water partition coefficient (Wildman–Crippen LogP) is 0.0545. The van der Waals surface area contributed by atoms with Crippen molar-refractivity contribution in [2.75, 3.05) is 39.4 Å². The number of hydrogen-bond donors (Lipinski definition) is 2. The Labute approximate surface area is 87.0 Å². The van der Waals surface area contributed by atoms with E-state index < -0.39 is 0 Å². The van der Waals surface area contributed by atoms with Crippen LogP contribution in [0, 0.1) is 0 Å². The van der Waals surface area contributed by atoms with E-state index in [9.17, 15) is 5.11 Å². The zero-order valence-corrected chi connectivity index (χ0v) is 9.41. The van der Waals surface area contributed by atoms with E-state index in [4.69, 9.17) is 10.5 Å². The number of rotatable bonds is 9. The Kier molecular flexibility index (Phi) is 9.29. The number of aliphatic hydroxyl groups excluding tert-OH is 1. The van der Waals surface area contributed by atoms with Crippen LogP contribution in [0.4, 0.5) is 0 Å². The van der Waals surface area contributed by atoms with Gasteiger partial charge in [0.2, 0.25) is 0 Å². The van der Waals surface area contributed by atoms with Gasteiger partial charge < -0.3 is 20.5 Å². The molecule has 0 amide bonds. The van der Waals surface area contributed by atoms with Crippen molar-refractivity contribution < 1.29 is 9.84 Å². The Balaban J connectivity index is 3.38. The fourth-order valence-corrected chi connectivity index (χ4v) is 1.24. The molecular weight excluding hydrogens is 180 g/mol. The van der Waals surface area contributed by atoms with E-state index in [-0.39, 0.29) is 6.10 Å². The molecule has 0 aromatic carbocycles. The average Bonchev–Trinajstić information content (AvgIpc) is 2.21. The number of likely N-dealkylation sites (N-methyl/N-ethyl adjacent to an activating group) is 1. The van der Waals surface area contributed by atoms with Crippen molar-refractivity contribution in [3.63, 3.8) is 0 Å². The van der Waals surface area contributed by atoms with Gasteiger partial charge in [-0.1, -0.05) is 13.8 Å². The summed E-state index contributed by atoms with van der Waals surface area (Å²) in [7, 11) is 0. The summed E-state index contributed by atoms with van der Waals surface area (Å²) in [5.41, 5.74) is 5.32. The predicted molar refractivity (Wildman–Crippen MR) is 58.3 cm³/mol. The van der Waals surface area contributed by atoms with Gasteiger partial charge in [-0.3, -0.25) is 0 Å². The zero-order chi connectivity index (χ0) is 10.8. The van der Waals surface area contributed by atoms with Crippen LogP contribution in [0.25, 0.3) is 0 Å². The van der Waals surface area contributed by atoms with Crippen LogP contribution < -0.4 is 5.73 Å². The highest BCUT2D eigenvalue weighted by molar-refractivity contribution is 4.61. The van der Waals surface area contributed by atoms with Crippen LogP contribution in [0.3, 0.4) is 0 Å². The average molecular weight is 204 g/mol. The van der Waals surface area contributed by atoms with Crippen LogP contribution in [0.15, 0.2) is 0 Å². The second-order valence-corrected chi connectivity index (χ2v) is 3.36. The lowest BCUT2D eigenvalue weighted by molar-refractivity contribution is 0.0181. The molecule has 0 saturated carbocycles. The van der Waals surface area contributed by atoms with Crippen molar-refractivity contribution in [2.24, 2.45) is 5.73 Å². The molecule has 0 fully saturated rings. The Morgan fingerprint density at radius 1 is 1.36 bits per heavy atom. The lowest BCUT2D eigenvalue weighted by Crippen LogP contribution is -2.34. The summed E-state index contributed by atoms with van der Waals surface area (Å²) in [5, 5.41) is 9.58. The first kappa shape index (κ1) is 13.8. The number of hydrogen-bond acceptors (Lipinski definition) is 4. The Hall–Kier alpha value is -0.160. The van der Waals surface area contributed by atoms with E-state index >= 15 is 0 Å². The van der Waals surface area contributed by atoms with E-state index in [0.717, 1.165) is 19.5 Å². The molecule has 0 rings (SSSR count). The summed E-state index contributed by atoms with van der Waals surface area (Å²) in [6, 6.07) is 0. The van der Waals surface area contributed by atoms with Gasteiger partial charge in [-0.2, -0.15) is 0 Å². The highest BCUT2D eigenvalue weighted by atomic mass is 16.5. The van der Waals surface area contributed by atoms with Crippen molar-refractivity contribution >= 4 is 0 Å². The van der Waals surface area contributed by atoms with Gasteiger partial charge in [0, 0.05) is 13.2 Å². The molecule has 0 aromatic rings. The molecule has 0 aliphatic carbocycles. The lowest BCUT2D eigenvalue weighted by atomic mass is 10.3. The maximum absolute atomic E-state index is 9.58. The van der Waals surface area contributed by atoms with Crippen molar-refractivity contribution in [2.45, 2.75) is 26.4 Å². The van der Waals surface area contributed by atoms with Gasteiger partial charge in [-0.25, -0.2) is 0 Å². The van der Waals surface area contributed by atoms with Crippen LogP contribution >= 0.6 is 0 Å². The van der Waals surface area contributed by atoms with Crippen LogP contribution in [0.2, 0.25) is 0 Å². The molecule has 4 heteroatoms. The topological polar surface area (TPSA) is 58.7 Å². The first-order valence-electron chi connectivity index (χ1n) is 5.42. The Morgan fingerprint density at radius 3 is 2.50 bits per heavy atom. The first-order chi connectivity index (χ1) is 6.74. The van der Waals surface area contributed by atoms with Crippen molar-refractivity contribution in [3.05, 3.63) is 0 Å². The standard InChI is InChI=1S/C10H24N2O2/c1-3-12(4-2)8-10(13)9-14-7-5-6-11/h10,13H,3-9,11H2,1-2H3. The van der Waals surface area contributed by atoms with Gasteiger partial charge in [-0.05, 0) is 26.1 Å². The van der Waals surface area contributed by atoms with E-state index in [1.165, 1.54) is 0 Å². The smallest absolute Gasteiger partial charge is 0.0900 e. The summed E-state index contributed by atoms with van der Waals surface area (Å²) >= 11 is 0. The molecule has 0 radical (unpaired) electrons. The Bertz CT molecular complexity index is 119. The highest BCUT2D eigenvalue weighted by Crippen LogP contribution is 1.93. The second kappa shape index (κ2) is 9.40. The fraction of sp³-hybridized carbons (Fsp3) is 1.00. The van der Waals surface area contributed by atoms with Gasteiger partial charge in [-0.15, -0.1) is 0 Å². The molecule has 0 heterocycles. The summed E-state index contributed by atoms with van der Waals surface area (Å²) < 4.78 is 5.27. The van der Waals surface area contributed by atoms with Crippen LogP contribution in [0.1, 0.15) is 20.3 Å². The summed E-state index contributed by atoms with van der Waals surface area (Å²) in [6.45, 7) is 8.51. The van der Waals surface area contributed by atoms with Crippen molar-refractivity contribution in [1.29, 1.82) is 0 Å². The number of ether oxygens (including phenoxy) is 1. The summed E-state index contributed by atoms with van der Waals surface area (Å²) in [6.07, 6.45) is 0.477. The Morgan fingerprint density at radius 2 is 2.00 bits per heavy atom. The fourth-order valence-electron chi connectivity index (χ4n) is 1.24. The van der Waals surface area contributed by atoms with E-state index in [0.29, 0.717) is 26.3 Å². The van der Waals surface area contributed by atoms with E-state index in [1.54, 1.807) is 0 Å². The van der Waals surface area contributed by atoms with E-state index in [1.807, 2.05) is 0 Å². The molecule has 0 bridgehead atoms. The number of nitrogens with zero attached hydrogens (tertiary/aromatic N) is 1. The minimum Gasteiger partial charge on any atom is -0.389 e. The minimum atomic E-state index is -0.382. The zero-order valence-electron chi connectivity index (χ0n) is 9.41. The number of aliphatic hydroxyl groups is 1. The van der Waals surface area contributed by atoms with Gasteiger partial charge in [0.15, 0.2) is 0 Å². The largest absolute Gasteiger partial charge is 0.389 e. The van der Waals surface area contributed by atoms with E-state index in [2.05, 4.69) is 18.7 Å². The maximum Gasteiger partial charge on any atom is 0.0900 e. The van der Waals surface area contributed by atoms with Crippen LogP contribution in [0.5, 0.6) is 0 Å². The third-order valence-corrected chi connectivity index (χ3v) is 2.17. The van der Waals surface area contributed by atoms with Gasteiger partial charge >= 0.3 is 0 Å². The van der Waals surface area contributed by atoms with Crippen LogP contribution in [-0.4, -0.2) is 55.5 Å². The van der Waals surface area contributed by atoms with Gasteiger partial charge in [0.1, 0.15) is 0 Å². The maximum atomic E-state index is 9.58. The molecule has 0 aromatic heterocycles. The molecule has 1 atom stereocenters. The van der Waals surface area contributed by atoms with Gasteiger partial charge in [0.25, 0.3) is 0 Å². The van der Waals surface area contributed by atoms with Crippen LogP contribution in [-0.2, 0) is 4.74 Å². The normalized spacial score (nSPS) is 13.5. The number of nitrogens with two attached hydrogens (primary N) is 1. The molecule has 86 valence electrons. The molecule has 14 heavy (non-hydrogen) atoms. The molecule has 3 N–H and O–H groups in total. The molecule has 4 nitrogen and oxygen atoms in total. The third kappa shape index (κ3) is 7.26. The first-order valence-corrected chi connectivity index (χ1v) is 5.42.